The van der Waals surface area contributed by atoms with Crippen molar-refractivity contribution in [2.75, 3.05) is 13.2 Å². The average molecular weight is 267 g/mol. The SMILES string of the molecule is O=C(CCOc1ccc(F)cc1)NC1(CO)CCC1. The molecule has 1 amide bonds. The van der Waals surface area contributed by atoms with Gasteiger partial charge in [0.2, 0.25) is 5.91 Å². The molecular weight excluding hydrogens is 249 g/mol. The van der Waals surface area contributed by atoms with E-state index in [1.54, 1.807) is 0 Å². The maximum absolute atomic E-state index is 12.7. The van der Waals surface area contributed by atoms with Crippen LogP contribution in [-0.4, -0.2) is 29.8 Å². The number of carbonyl (C=O) groups is 1. The number of carbonyl (C=O) groups excluding carboxylic acids is 1. The molecule has 19 heavy (non-hydrogen) atoms. The van der Waals surface area contributed by atoms with Crippen LogP contribution in [0.4, 0.5) is 4.39 Å². The van der Waals surface area contributed by atoms with Crippen molar-refractivity contribution in [3.05, 3.63) is 30.1 Å². The minimum Gasteiger partial charge on any atom is -0.493 e. The number of rotatable bonds is 6. The first-order valence-electron chi connectivity index (χ1n) is 6.44. The van der Waals surface area contributed by atoms with Crippen LogP contribution >= 0.6 is 0 Å². The maximum Gasteiger partial charge on any atom is 0.223 e. The molecule has 2 rings (SSSR count). The number of hydrogen-bond donors (Lipinski definition) is 2. The Bertz CT molecular complexity index is 423. The van der Waals surface area contributed by atoms with Gasteiger partial charge in [0.25, 0.3) is 0 Å². The highest BCUT2D eigenvalue weighted by atomic mass is 19.1. The lowest BCUT2D eigenvalue weighted by molar-refractivity contribution is -0.125. The summed E-state index contributed by atoms with van der Waals surface area (Å²) in [4.78, 5) is 11.7. The molecule has 0 atom stereocenters. The third kappa shape index (κ3) is 3.67. The Morgan fingerprint density at radius 2 is 2.05 bits per heavy atom. The lowest BCUT2D eigenvalue weighted by atomic mass is 9.77. The zero-order valence-electron chi connectivity index (χ0n) is 10.7. The lowest BCUT2D eigenvalue weighted by Gasteiger charge is -2.40. The van der Waals surface area contributed by atoms with Gasteiger partial charge in [-0.15, -0.1) is 0 Å². The minimum absolute atomic E-state index is 0.0163. The van der Waals surface area contributed by atoms with E-state index in [4.69, 9.17) is 4.74 Å². The van der Waals surface area contributed by atoms with E-state index in [0.717, 1.165) is 19.3 Å². The Hall–Kier alpha value is -1.62. The van der Waals surface area contributed by atoms with Crippen molar-refractivity contribution in [1.29, 1.82) is 0 Å². The number of hydrogen-bond acceptors (Lipinski definition) is 3. The maximum atomic E-state index is 12.7. The van der Waals surface area contributed by atoms with Crippen molar-refractivity contribution in [1.82, 2.24) is 5.32 Å². The highest BCUT2D eigenvalue weighted by Gasteiger charge is 2.37. The van der Waals surface area contributed by atoms with Crippen LogP contribution in [0.3, 0.4) is 0 Å². The van der Waals surface area contributed by atoms with Crippen molar-refractivity contribution < 1.29 is 19.0 Å². The highest BCUT2D eigenvalue weighted by molar-refractivity contribution is 5.77. The molecule has 104 valence electrons. The molecule has 5 heteroatoms. The van der Waals surface area contributed by atoms with E-state index in [-0.39, 0.29) is 31.4 Å². The molecule has 0 aromatic heterocycles. The number of aliphatic hydroxyl groups is 1. The summed E-state index contributed by atoms with van der Waals surface area (Å²) in [6, 6.07) is 5.66. The molecule has 4 nitrogen and oxygen atoms in total. The number of ether oxygens (including phenoxy) is 1. The van der Waals surface area contributed by atoms with Gasteiger partial charge in [-0.25, -0.2) is 4.39 Å². The lowest BCUT2D eigenvalue weighted by Crippen LogP contribution is -2.56. The molecule has 0 saturated heterocycles. The first kappa shape index (κ1) is 13.8. The predicted molar refractivity (Wildman–Crippen MR) is 68.3 cm³/mol. The van der Waals surface area contributed by atoms with E-state index >= 15 is 0 Å². The quantitative estimate of drug-likeness (QED) is 0.823. The summed E-state index contributed by atoms with van der Waals surface area (Å²) in [5.74, 6) is 0.0885. The second-order valence-electron chi connectivity index (χ2n) is 4.89. The van der Waals surface area contributed by atoms with Crippen LogP contribution in [0.1, 0.15) is 25.7 Å². The monoisotopic (exact) mass is 267 g/mol. The Morgan fingerprint density at radius 3 is 2.58 bits per heavy atom. The minimum atomic E-state index is -0.410. The molecule has 0 heterocycles. The van der Waals surface area contributed by atoms with Gasteiger partial charge in [0, 0.05) is 0 Å². The molecular formula is C14H18FNO3. The standard InChI is InChI=1S/C14H18FNO3/c15-11-2-4-12(5-3-11)19-9-6-13(18)16-14(10-17)7-1-8-14/h2-5,17H,1,6-10H2,(H,16,18). The fourth-order valence-electron chi connectivity index (χ4n) is 2.08. The summed E-state index contributed by atoms with van der Waals surface area (Å²) in [5.41, 5.74) is -0.410. The molecule has 2 N–H and O–H groups in total. The van der Waals surface area contributed by atoms with Crippen molar-refractivity contribution in [3.63, 3.8) is 0 Å². The number of amides is 1. The van der Waals surface area contributed by atoms with E-state index in [1.807, 2.05) is 0 Å². The molecule has 0 radical (unpaired) electrons. The van der Waals surface area contributed by atoms with E-state index in [1.165, 1.54) is 24.3 Å². The van der Waals surface area contributed by atoms with Crippen LogP contribution in [0.25, 0.3) is 0 Å². The van der Waals surface area contributed by atoms with E-state index < -0.39 is 5.54 Å². The topological polar surface area (TPSA) is 58.6 Å². The first-order chi connectivity index (χ1) is 9.13. The van der Waals surface area contributed by atoms with Gasteiger partial charge in [0.1, 0.15) is 11.6 Å². The Labute approximate surface area is 111 Å². The fraction of sp³-hybridized carbons (Fsp3) is 0.500. The van der Waals surface area contributed by atoms with Crippen LogP contribution in [-0.2, 0) is 4.79 Å². The summed E-state index contributed by atoms with van der Waals surface area (Å²) >= 11 is 0. The van der Waals surface area contributed by atoms with Crippen molar-refractivity contribution in [2.45, 2.75) is 31.2 Å². The number of benzene rings is 1. The predicted octanol–water partition coefficient (Wildman–Crippen LogP) is 1.63. The number of halogens is 1. The summed E-state index contributed by atoms with van der Waals surface area (Å²) in [5, 5.41) is 12.1. The molecule has 1 aromatic carbocycles. The van der Waals surface area contributed by atoms with Crippen LogP contribution in [0, 0.1) is 5.82 Å². The summed E-state index contributed by atoms with van der Waals surface area (Å²) < 4.78 is 18.0. The van der Waals surface area contributed by atoms with E-state index in [0.29, 0.717) is 5.75 Å². The zero-order valence-corrected chi connectivity index (χ0v) is 10.7. The molecule has 0 spiro atoms. The van der Waals surface area contributed by atoms with Gasteiger partial charge in [0.15, 0.2) is 0 Å². The van der Waals surface area contributed by atoms with Crippen molar-refractivity contribution in [2.24, 2.45) is 0 Å². The highest BCUT2D eigenvalue weighted by Crippen LogP contribution is 2.31. The Balaban J connectivity index is 1.70. The number of aliphatic hydroxyl groups excluding tert-OH is 1. The van der Waals surface area contributed by atoms with Crippen LogP contribution in [0.5, 0.6) is 5.75 Å². The average Bonchev–Trinajstić information content (AvgIpc) is 2.36. The second kappa shape index (κ2) is 6.02. The summed E-state index contributed by atoms with van der Waals surface area (Å²) in [7, 11) is 0. The van der Waals surface area contributed by atoms with Crippen molar-refractivity contribution in [3.8, 4) is 5.75 Å². The van der Waals surface area contributed by atoms with Gasteiger partial charge in [-0.2, -0.15) is 0 Å². The van der Waals surface area contributed by atoms with Gasteiger partial charge in [-0.3, -0.25) is 4.79 Å². The third-order valence-electron chi connectivity index (χ3n) is 3.43. The molecule has 1 aromatic rings. The number of nitrogens with one attached hydrogen (secondary N) is 1. The van der Waals surface area contributed by atoms with Crippen LogP contribution in [0.15, 0.2) is 24.3 Å². The molecule has 0 unspecified atom stereocenters. The van der Waals surface area contributed by atoms with Gasteiger partial charge < -0.3 is 15.2 Å². The van der Waals surface area contributed by atoms with Crippen LogP contribution < -0.4 is 10.1 Å². The largest absolute Gasteiger partial charge is 0.493 e. The van der Waals surface area contributed by atoms with Gasteiger partial charge in [-0.05, 0) is 43.5 Å². The molecule has 1 saturated carbocycles. The molecule has 1 aliphatic rings. The van der Waals surface area contributed by atoms with Crippen molar-refractivity contribution >= 4 is 5.91 Å². The summed E-state index contributed by atoms with van der Waals surface area (Å²) in [6.07, 6.45) is 2.91. The van der Waals surface area contributed by atoms with Gasteiger partial charge in [0.05, 0.1) is 25.2 Å². The van der Waals surface area contributed by atoms with Gasteiger partial charge in [-0.1, -0.05) is 0 Å². The smallest absolute Gasteiger partial charge is 0.223 e. The second-order valence-corrected chi connectivity index (χ2v) is 4.89. The molecule has 1 aliphatic carbocycles. The van der Waals surface area contributed by atoms with Crippen LogP contribution in [0.2, 0.25) is 0 Å². The van der Waals surface area contributed by atoms with Gasteiger partial charge >= 0.3 is 0 Å². The molecule has 0 aliphatic heterocycles. The fourth-order valence-corrected chi connectivity index (χ4v) is 2.08. The summed E-state index contributed by atoms with van der Waals surface area (Å²) in [6.45, 7) is 0.219. The Morgan fingerprint density at radius 1 is 1.37 bits per heavy atom. The molecule has 1 fully saturated rings. The first-order valence-corrected chi connectivity index (χ1v) is 6.44. The van der Waals surface area contributed by atoms with E-state index in [2.05, 4.69) is 5.32 Å². The zero-order chi connectivity index (χ0) is 13.7. The Kier molecular flexibility index (Phi) is 4.37. The normalized spacial score (nSPS) is 16.5. The third-order valence-corrected chi connectivity index (χ3v) is 3.43. The van der Waals surface area contributed by atoms with E-state index in [9.17, 15) is 14.3 Å². The molecule has 0 bridgehead atoms.